The van der Waals surface area contributed by atoms with E-state index >= 15 is 0 Å². The lowest BCUT2D eigenvalue weighted by Gasteiger charge is -2.45. The van der Waals surface area contributed by atoms with Crippen LogP contribution in [-0.2, 0) is 30.5 Å². The number of nitro benzene ring substituents is 1. The van der Waals surface area contributed by atoms with E-state index in [1.54, 1.807) is 29.9 Å². The molecule has 1 amide bonds. The van der Waals surface area contributed by atoms with Gasteiger partial charge < -0.3 is 9.47 Å². The van der Waals surface area contributed by atoms with Gasteiger partial charge in [-0.3, -0.25) is 29.6 Å². The van der Waals surface area contributed by atoms with E-state index in [0.29, 0.717) is 11.1 Å². The second-order valence-electron chi connectivity index (χ2n) is 7.07. The van der Waals surface area contributed by atoms with Gasteiger partial charge in [0.2, 0.25) is 5.91 Å². The number of fused-ring (bicyclic) bond motifs is 1. The summed E-state index contributed by atoms with van der Waals surface area (Å²) in [5.74, 6) is -2.20. The van der Waals surface area contributed by atoms with E-state index in [9.17, 15) is 24.5 Å². The molecule has 164 valence electrons. The second-order valence-corrected chi connectivity index (χ2v) is 8.06. The highest BCUT2D eigenvalue weighted by Crippen LogP contribution is 2.50. The Morgan fingerprint density at radius 1 is 1.22 bits per heavy atom. The average molecular weight is 455 g/mol. The molecule has 2 aromatic rings. The molecule has 1 saturated heterocycles. The molecule has 0 bridgehead atoms. The quantitative estimate of drug-likeness (QED) is 0.268. The maximum Gasteiger partial charge on any atom is 0.355 e. The third kappa shape index (κ3) is 4.06. The number of carbonyl (C=O) groups excluding carboxylic acids is 3. The predicted octanol–water partition coefficient (Wildman–Crippen LogP) is 2.71. The Morgan fingerprint density at radius 3 is 2.53 bits per heavy atom. The second kappa shape index (κ2) is 8.79. The molecule has 0 radical (unpaired) electrons. The Bertz CT molecular complexity index is 1100. The predicted molar refractivity (Wildman–Crippen MR) is 111 cm³/mol. The topological polar surface area (TPSA) is 129 Å². The van der Waals surface area contributed by atoms with E-state index in [2.05, 4.69) is 4.98 Å². The summed E-state index contributed by atoms with van der Waals surface area (Å²) < 4.78 is 10.7. The minimum Gasteiger partial charge on any atom is -0.457 e. The molecular weight excluding hydrogens is 438 g/mol. The number of non-ortho nitro benzene ring substituents is 1. The van der Waals surface area contributed by atoms with Gasteiger partial charge in [-0.15, -0.1) is 11.8 Å². The van der Waals surface area contributed by atoms with Crippen molar-refractivity contribution in [1.82, 2.24) is 9.88 Å². The molecular formula is C21H17N3O7S. The molecule has 3 heterocycles. The average Bonchev–Trinajstić information content (AvgIpc) is 3.17. The van der Waals surface area contributed by atoms with Crippen LogP contribution in [0.1, 0.15) is 24.2 Å². The smallest absolute Gasteiger partial charge is 0.355 e. The van der Waals surface area contributed by atoms with Crippen molar-refractivity contribution >= 4 is 35.3 Å². The number of rotatable bonds is 7. The van der Waals surface area contributed by atoms with Crippen LogP contribution in [0.4, 0.5) is 5.69 Å². The van der Waals surface area contributed by atoms with Crippen LogP contribution in [0, 0.1) is 16.0 Å². The van der Waals surface area contributed by atoms with Crippen LogP contribution >= 0.6 is 11.8 Å². The molecule has 32 heavy (non-hydrogen) atoms. The summed E-state index contributed by atoms with van der Waals surface area (Å²) in [6.45, 7) is 1.18. The minimum atomic E-state index is -0.791. The monoisotopic (exact) mass is 455 g/mol. The van der Waals surface area contributed by atoms with E-state index in [1.807, 2.05) is 0 Å². The van der Waals surface area contributed by atoms with E-state index < -0.39 is 34.3 Å². The molecule has 0 aliphatic carbocycles. The lowest BCUT2D eigenvalue weighted by atomic mass is 9.87. The lowest BCUT2D eigenvalue weighted by molar-refractivity contribution is -0.384. The number of hydrogen-bond acceptors (Lipinski definition) is 9. The number of β-lactam (4-membered cyclic amide) rings is 1. The van der Waals surface area contributed by atoms with E-state index in [4.69, 9.17) is 9.47 Å². The van der Waals surface area contributed by atoms with Crippen LogP contribution in [0.3, 0.4) is 0 Å². The number of amides is 1. The number of benzene rings is 1. The van der Waals surface area contributed by atoms with E-state index in [0.717, 1.165) is 0 Å². The highest BCUT2D eigenvalue weighted by molar-refractivity contribution is 8.03. The van der Waals surface area contributed by atoms with Gasteiger partial charge in [0, 0.05) is 36.9 Å². The van der Waals surface area contributed by atoms with Crippen molar-refractivity contribution in [3.63, 3.8) is 0 Å². The van der Waals surface area contributed by atoms with E-state index in [-0.39, 0.29) is 23.9 Å². The van der Waals surface area contributed by atoms with E-state index in [1.165, 1.54) is 47.9 Å². The number of carbonyl (C=O) groups is 3. The SMILES string of the molecule is CC(=O)OC(c1ccncc1)C1C(=O)N2C(C(=O)OCc3ccc([N+](=O)[O-])cc3)=CSC12. The van der Waals surface area contributed by atoms with Gasteiger partial charge in [-0.2, -0.15) is 0 Å². The molecule has 11 heteroatoms. The Morgan fingerprint density at radius 2 is 1.91 bits per heavy atom. The van der Waals surface area contributed by atoms with Crippen molar-refractivity contribution in [2.45, 2.75) is 25.0 Å². The molecule has 3 unspecified atom stereocenters. The first kappa shape index (κ1) is 21.5. The van der Waals surface area contributed by atoms with Crippen molar-refractivity contribution in [1.29, 1.82) is 0 Å². The zero-order valence-corrected chi connectivity index (χ0v) is 17.6. The van der Waals surface area contributed by atoms with Crippen molar-refractivity contribution in [3.8, 4) is 0 Å². The third-order valence-corrected chi connectivity index (χ3v) is 6.19. The zero-order chi connectivity index (χ0) is 22.8. The summed E-state index contributed by atoms with van der Waals surface area (Å²) in [5, 5.41) is 11.9. The van der Waals surface area contributed by atoms with Crippen LogP contribution in [0.25, 0.3) is 0 Å². The van der Waals surface area contributed by atoms with Gasteiger partial charge in [0.1, 0.15) is 29.7 Å². The fourth-order valence-corrected chi connectivity index (χ4v) is 4.77. The van der Waals surface area contributed by atoms with Crippen molar-refractivity contribution in [2.24, 2.45) is 5.92 Å². The lowest BCUT2D eigenvalue weighted by Crippen LogP contribution is -2.59. The Kier molecular flexibility index (Phi) is 5.91. The van der Waals surface area contributed by atoms with Gasteiger partial charge in [0.15, 0.2) is 0 Å². The van der Waals surface area contributed by atoms with Crippen molar-refractivity contribution < 1.29 is 28.8 Å². The highest BCUT2D eigenvalue weighted by atomic mass is 32.2. The molecule has 1 aromatic carbocycles. The van der Waals surface area contributed by atoms with Gasteiger partial charge in [-0.05, 0) is 35.4 Å². The summed E-state index contributed by atoms with van der Waals surface area (Å²) in [7, 11) is 0. The summed E-state index contributed by atoms with van der Waals surface area (Å²) in [4.78, 5) is 52.6. The molecule has 2 aliphatic heterocycles. The van der Waals surface area contributed by atoms with Gasteiger partial charge >= 0.3 is 11.9 Å². The minimum absolute atomic E-state index is 0.0634. The Hall–Kier alpha value is -3.73. The number of nitro groups is 1. The summed E-state index contributed by atoms with van der Waals surface area (Å²) >= 11 is 1.28. The van der Waals surface area contributed by atoms with Crippen LogP contribution in [-0.4, -0.2) is 38.0 Å². The number of hydrogen-bond donors (Lipinski definition) is 0. The van der Waals surface area contributed by atoms with Gasteiger partial charge in [-0.25, -0.2) is 4.79 Å². The van der Waals surface area contributed by atoms with Crippen molar-refractivity contribution in [3.05, 3.63) is 81.1 Å². The maximum atomic E-state index is 12.9. The summed E-state index contributed by atoms with van der Waals surface area (Å²) in [6.07, 6.45) is 2.31. The number of esters is 2. The first-order chi connectivity index (χ1) is 15.4. The highest BCUT2D eigenvalue weighted by Gasteiger charge is 2.58. The molecule has 1 fully saturated rings. The molecule has 4 rings (SSSR count). The largest absolute Gasteiger partial charge is 0.457 e. The normalized spacial score (nSPS) is 20.0. The fourth-order valence-electron chi connectivity index (χ4n) is 3.52. The summed E-state index contributed by atoms with van der Waals surface area (Å²) in [6, 6.07) is 8.99. The van der Waals surface area contributed by atoms with Crippen LogP contribution < -0.4 is 0 Å². The standard InChI is InChI=1S/C21H17N3O7S/c1-12(25)31-18(14-6-8-22-9-7-14)17-19(26)23-16(11-32-20(17)23)21(27)30-10-13-2-4-15(5-3-13)24(28)29/h2-9,11,17-18,20H,10H2,1H3. The van der Waals surface area contributed by atoms with Crippen LogP contribution in [0.15, 0.2) is 59.9 Å². The molecule has 1 aromatic heterocycles. The Labute approximate surface area is 186 Å². The number of pyridine rings is 1. The van der Waals surface area contributed by atoms with Gasteiger partial charge in [0.05, 0.1) is 4.92 Å². The first-order valence-corrected chi connectivity index (χ1v) is 10.5. The van der Waals surface area contributed by atoms with Crippen LogP contribution in [0.2, 0.25) is 0 Å². The number of aromatic nitrogens is 1. The fraction of sp³-hybridized carbons (Fsp3) is 0.238. The third-order valence-electron chi connectivity index (χ3n) is 5.04. The molecule has 0 saturated carbocycles. The molecule has 3 atom stereocenters. The Balaban J connectivity index is 1.42. The number of thioether (sulfide) groups is 1. The maximum absolute atomic E-state index is 12.9. The number of ether oxygens (including phenoxy) is 2. The number of nitrogens with zero attached hydrogens (tertiary/aromatic N) is 3. The van der Waals surface area contributed by atoms with Crippen LogP contribution in [0.5, 0.6) is 0 Å². The van der Waals surface area contributed by atoms with Gasteiger partial charge in [-0.1, -0.05) is 0 Å². The van der Waals surface area contributed by atoms with Gasteiger partial charge in [0.25, 0.3) is 5.69 Å². The molecule has 0 spiro atoms. The first-order valence-electron chi connectivity index (χ1n) is 9.53. The summed E-state index contributed by atoms with van der Waals surface area (Å²) in [5.41, 5.74) is 1.27. The van der Waals surface area contributed by atoms with Crippen molar-refractivity contribution in [2.75, 3.05) is 0 Å². The molecule has 0 N–H and O–H groups in total. The molecule has 2 aliphatic rings. The molecule has 10 nitrogen and oxygen atoms in total. The zero-order valence-electron chi connectivity index (χ0n) is 16.7.